The SMILES string of the molecule is CC(C)(C)NC(=O)NC(=O)COC(=O)CN1C(=O)C2CCCCC2C1=O. The predicted molar refractivity (Wildman–Crippen MR) is 89.6 cm³/mol. The second kappa shape index (κ2) is 7.84. The Kier molecular flexibility index (Phi) is 5.99. The van der Waals surface area contributed by atoms with E-state index in [0.29, 0.717) is 12.8 Å². The van der Waals surface area contributed by atoms with Gasteiger partial charge in [0.1, 0.15) is 6.54 Å². The van der Waals surface area contributed by atoms with Crippen LogP contribution in [0.1, 0.15) is 46.5 Å². The smallest absolute Gasteiger partial charge is 0.326 e. The van der Waals surface area contributed by atoms with Gasteiger partial charge in [0.2, 0.25) is 11.8 Å². The van der Waals surface area contributed by atoms with Crippen molar-refractivity contribution in [2.75, 3.05) is 13.2 Å². The Morgan fingerprint density at radius 3 is 2.12 bits per heavy atom. The van der Waals surface area contributed by atoms with Crippen LogP contribution in [-0.2, 0) is 23.9 Å². The summed E-state index contributed by atoms with van der Waals surface area (Å²) < 4.78 is 4.77. The Morgan fingerprint density at radius 1 is 1.08 bits per heavy atom. The molecule has 1 aliphatic heterocycles. The number of carbonyl (C=O) groups excluding carboxylic acids is 5. The molecule has 2 N–H and O–H groups in total. The van der Waals surface area contributed by atoms with E-state index < -0.39 is 36.6 Å². The van der Waals surface area contributed by atoms with Gasteiger partial charge in [0.15, 0.2) is 6.61 Å². The van der Waals surface area contributed by atoms with Crippen LogP contribution in [0.15, 0.2) is 0 Å². The lowest BCUT2D eigenvalue weighted by atomic mass is 9.81. The minimum absolute atomic E-state index is 0.339. The van der Waals surface area contributed by atoms with Crippen molar-refractivity contribution in [3.8, 4) is 0 Å². The Labute approximate surface area is 151 Å². The highest BCUT2D eigenvalue weighted by Crippen LogP contribution is 2.37. The maximum Gasteiger partial charge on any atom is 0.326 e. The lowest BCUT2D eigenvalue weighted by molar-refractivity contribution is -0.154. The van der Waals surface area contributed by atoms with Crippen LogP contribution < -0.4 is 10.6 Å². The molecular weight excluding hydrogens is 342 g/mol. The fourth-order valence-corrected chi connectivity index (χ4v) is 3.24. The van der Waals surface area contributed by atoms with Gasteiger partial charge in [0.05, 0.1) is 11.8 Å². The van der Waals surface area contributed by atoms with Crippen molar-refractivity contribution in [3.05, 3.63) is 0 Å². The number of fused-ring (bicyclic) bond motifs is 1. The molecule has 2 aliphatic rings. The van der Waals surface area contributed by atoms with E-state index in [9.17, 15) is 24.0 Å². The van der Waals surface area contributed by atoms with Crippen molar-refractivity contribution in [2.24, 2.45) is 11.8 Å². The van der Waals surface area contributed by atoms with E-state index in [4.69, 9.17) is 4.74 Å². The van der Waals surface area contributed by atoms with Gasteiger partial charge < -0.3 is 10.1 Å². The molecule has 1 saturated carbocycles. The maximum atomic E-state index is 12.3. The number of nitrogens with zero attached hydrogens (tertiary/aromatic N) is 1. The van der Waals surface area contributed by atoms with Gasteiger partial charge in [0.25, 0.3) is 5.91 Å². The first kappa shape index (κ1) is 19.9. The third-order valence-corrected chi connectivity index (χ3v) is 4.33. The second-order valence-electron chi connectivity index (χ2n) is 7.67. The van der Waals surface area contributed by atoms with Crippen molar-refractivity contribution in [2.45, 2.75) is 52.0 Å². The molecular formula is C17H25N3O6. The van der Waals surface area contributed by atoms with Crippen molar-refractivity contribution in [1.29, 1.82) is 0 Å². The number of hydrogen-bond donors (Lipinski definition) is 2. The summed E-state index contributed by atoms with van der Waals surface area (Å²) in [6, 6.07) is -0.701. The Balaban J connectivity index is 1.78. The summed E-state index contributed by atoms with van der Waals surface area (Å²) in [5, 5.41) is 4.56. The first-order chi connectivity index (χ1) is 12.1. The molecule has 9 nitrogen and oxygen atoms in total. The minimum Gasteiger partial charge on any atom is -0.454 e. The highest BCUT2D eigenvalue weighted by atomic mass is 16.5. The lowest BCUT2D eigenvalue weighted by Crippen LogP contribution is -2.49. The Morgan fingerprint density at radius 2 is 1.62 bits per heavy atom. The van der Waals surface area contributed by atoms with Crippen molar-refractivity contribution in [1.82, 2.24) is 15.5 Å². The first-order valence-electron chi connectivity index (χ1n) is 8.71. The summed E-state index contributed by atoms with van der Waals surface area (Å²) in [7, 11) is 0. The molecule has 2 rings (SSSR count). The molecule has 0 aromatic rings. The van der Waals surface area contributed by atoms with Gasteiger partial charge in [-0.1, -0.05) is 12.8 Å². The van der Waals surface area contributed by atoms with Crippen LogP contribution in [0.3, 0.4) is 0 Å². The molecule has 1 heterocycles. The van der Waals surface area contributed by atoms with Gasteiger partial charge in [-0.05, 0) is 33.6 Å². The van der Waals surface area contributed by atoms with Crippen LogP contribution in [0, 0.1) is 11.8 Å². The molecule has 0 radical (unpaired) electrons. The number of hydrogen-bond acceptors (Lipinski definition) is 6. The van der Waals surface area contributed by atoms with Crippen LogP contribution in [0.2, 0.25) is 0 Å². The van der Waals surface area contributed by atoms with E-state index in [2.05, 4.69) is 5.32 Å². The van der Waals surface area contributed by atoms with Crippen LogP contribution in [-0.4, -0.2) is 53.3 Å². The molecule has 0 aromatic heterocycles. The van der Waals surface area contributed by atoms with Gasteiger partial charge in [-0.3, -0.25) is 29.4 Å². The zero-order valence-electron chi connectivity index (χ0n) is 15.3. The zero-order chi connectivity index (χ0) is 19.5. The van der Waals surface area contributed by atoms with E-state index in [0.717, 1.165) is 17.7 Å². The molecule has 9 heteroatoms. The standard InChI is InChI=1S/C17H25N3O6/c1-17(2,3)19-16(25)18-12(21)9-26-13(22)8-20-14(23)10-6-4-5-7-11(10)15(20)24/h10-11H,4-9H2,1-3H3,(H2,18,19,21,25). The normalized spacial score (nSPS) is 22.7. The largest absolute Gasteiger partial charge is 0.454 e. The molecule has 1 saturated heterocycles. The average molecular weight is 367 g/mol. The van der Waals surface area contributed by atoms with E-state index in [-0.39, 0.29) is 23.7 Å². The topological polar surface area (TPSA) is 122 Å². The summed E-state index contributed by atoms with van der Waals surface area (Å²) >= 11 is 0. The van der Waals surface area contributed by atoms with E-state index in [1.54, 1.807) is 20.8 Å². The number of nitrogens with one attached hydrogen (secondary N) is 2. The number of carbonyl (C=O) groups is 5. The van der Waals surface area contributed by atoms with Gasteiger partial charge in [-0.25, -0.2) is 4.79 Å². The molecule has 0 spiro atoms. The molecule has 2 fully saturated rings. The molecule has 1 aliphatic carbocycles. The number of ether oxygens (including phenoxy) is 1. The Bertz CT molecular complexity index is 600. The quantitative estimate of drug-likeness (QED) is 0.545. The van der Waals surface area contributed by atoms with Crippen molar-refractivity contribution >= 4 is 29.7 Å². The summed E-state index contributed by atoms with van der Waals surface area (Å²) in [4.78, 5) is 60.5. The van der Waals surface area contributed by atoms with Crippen LogP contribution >= 0.6 is 0 Å². The molecule has 2 unspecified atom stereocenters. The molecule has 26 heavy (non-hydrogen) atoms. The third kappa shape index (κ3) is 5.03. The third-order valence-electron chi connectivity index (χ3n) is 4.33. The summed E-state index contributed by atoms with van der Waals surface area (Å²) in [5.74, 6) is -3.03. The predicted octanol–water partition coefficient (Wildman–Crippen LogP) is 0.329. The number of esters is 1. The van der Waals surface area contributed by atoms with Gasteiger partial charge in [0, 0.05) is 5.54 Å². The second-order valence-corrected chi connectivity index (χ2v) is 7.67. The highest BCUT2D eigenvalue weighted by molar-refractivity contribution is 6.07. The van der Waals surface area contributed by atoms with Crippen LogP contribution in [0.5, 0.6) is 0 Å². The highest BCUT2D eigenvalue weighted by Gasteiger charge is 2.48. The fraction of sp³-hybridized carbons (Fsp3) is 0.706. The van der Waals surface area contributed by atoms with Gasteiger partial charge in [-0.2, -0.15) is 0 Å². The monoisotopic (exact) mass is 367 g/mol. The summed E-state index contributed by atoms with van der Waals surface area (Å²) in [5.41, 5.74) is -0.520. The number of amides is 5. The number of likely N-dealkylation sites (tertiary alicyclic amines) is 1. The van der Waals surface area contributed by atoms with Crippen molar-refractivity contribution < 1.29 is 28.7 Å². The fourth-order valence-electron chi connectivity index (χ4n) is 3.24. The molecule has 144 valence electrons. The van der Waals surface area contributed by atoms with Crippen molar-refractivity contribution in [3.63, 3.8) is 0 Å². The molecule has 5 amide bonds. The maximum absolute atomic E-state index is 12.3. The number of imide groups is 2. The minimum atomic E-state index is -0.864. The first-order valence-corrected chi connectivity index (χ1v) is 8.71. The molecule has 0 aromatic carbocycles. The summed E-state index contributed by atoms with van der Waals surface area (Å²) in [6.07, 6.45) is 3.11. The Hall–Kier alpha value is -2.45. The van der Waals surface area contributed by atoms with Crippen LogP contribution in [0.25, 0.3) is 0 Å². The zero-order valence-corrected chi connectivity index (χ0v) is 15.3. The molecule has 2 atom stereocenters. The number of rotatable bonds is 4. The average Bonchev–Trinajstić information content (AvgIpc) is 2.76. The lowest BCUT2D eigenvalue weighted by Gasteiger charge is -2.20. The van der Waals surface area contributed by atoms with E-state index in [1.807, 2.05) is 5.32 Å². The van der Waals surface area contributed by atoms with Gasteiger partial charge in [-0.15, -0.1) is 0 Å². The van der Waals surface area contributed by atoms with Crippen LogP contribution in [0.4, 0.5) is 4.79 Å². The summed E-state index contributed by atoms with van der Waals surface area (Å²) in [6.45, 7) is 4.07. The number of urea groups is 1. The van der Waals surface area contributed by atoms with Gasteiger partial charge >= 0.3 is 12.0 Å². The molecule has 0 bridgehead atoms. The van der Waals surface area contributed by atoms with E-state index >= 15 is 0 Å². The van der Waals surface area contributed by atoms with E-state index in [1.165, 1.54) is 0 Å².